The predicted octanol–water partition coefficient (Wildman–Crippen LogP) is 0.728. The maximum atomic E-state index is 10.5. The van der Waals surface area contributed by atoms with Gasteiger partial charge in [-0.2, -0.15) is 0 Å². The quantitative estimate of drug-likeness (QED) is 0.718. The van der Waals surface area contributed by atoms with E-state index < -0.39 is 12.0 Å². The van der Waals surface area contributed by atoms with Crippen LogP contribution in [0.25, 0.3) is 0 Å². The Morgan fingerprint density at radius 1 is 1.69 bits per heavy atom. The van der Waals surface area contributed by atoms with Crippen LogP contribution in [0.4, 0.5) is 0 Å². The summed E-state index contributed by atoms with van der Waals surface area (Å²) in [5.74, 6) is -1.06. The molecule has 1 aromatic heterocycles. The number of pyridine rings is 1. The molecule has 70 valence electrons. The second-order valence-corrected chi connectivity index (χ2v) is 2.76. The van der Waals surface area contributed by atoms with Crippen molar-refractivity contribution in [1.29, 1.82) is 0 Å². The van der Waals surface area contributed by atoms with Crippen LogP contribution in [0.2, 0.25) is 0 Å². The number of hydrogen-bond donors (Lipinski definition) is 2. The zero-order chi connectivity index (χ0) is 9.84. The molecule has 0 amide bonds. The molecule has 0 aliphatic carbocycles. The number of carbonyl (C=O) groups is 1. The summed E-state index contributed by atoms with van der Waals surface area (Å²) in [7, 11) is 0. The minimum absolute atomic E-state index is 0.393. The Balaban J connectivity index is 2.85. The maximum absolute atomic E-state index is 10.5. The van der Waals surface area contributed by atoms with Crippen LogP contribution in [-0.2, 0) is 11.2 Å². The van der Waals surface area contributed by atoms with Crippen LogP contribution in [-0.4, -0.2) is 16.1 Å². The second kappa shape index (κ2) is 4.00. The molecule has 1 aromatic rings. The summed E-state index contributed by atoms with van der Waals surface area (Å²) in [6.07, 6.45) is 2.54. The minimum Gasteiger partial charge on any atom is -0.480 e. The van der Waals surface area contributed by atoms with Crippen molar-refractivity contribution in [3.05, 3.63) is 29.6 Å². The van der Waals surface area contributed by atoms with E-state index in [1.807, 2.05) is 13.0 Å². The molecule has 3 N–H and O–H groups in total. The van der Waals surface area contributed by atoms with Crippen molar-refractivity contribution in [2.75, 3.05) is 0 Å². The van der Waals surface area contributed by atoms with Gasteiger partial charge < -0.3 is 10.8 Å². The summed E-state index contributed by atoms with van der Waals surface area (Å²) in [6.45, 7) is 2.01. The molecule has 1 unspecified atom stereocenters. The molecule has 0 saturated carbocycles. The van der Waals surface area contributed by atoms with E-state index in [4.69, 9.17) is 10.8 Å². The average molecular weight is 180 g/mol. The topological polar surface area (TPSA) is 76.2 Å². The monoisotopic (exact) mass is 180 g/mol. The van der Waals surface area contributed by atoms with Gasteiger partial charge in [0.15, 0.2) is 0 Å². The summed E-state index contributed by atoms with van der Waals surface area (Å²) in [5, 5.41) is 8.60. The maximum Gasteiger partial charge on any atom is 0.326 e. The fourth-order valence-corrected chi connectivity index (χ4v) is 0.956. The van der Waals surface area contributed by atoms with Crippen molar-refractivity contribution in [3.8, 4) is 0 Å². The fraction of sp³-hybridized carbons (Fsp3) is 0.333. The van der Waals surface area contributed by atoms with E-state index in [0.717, 1.165) is 12.0 Å². The van der Waals surface area contributed by atoms with Gasteiger partial charge in [-0.25, -0.2) is 0 Å². The third-order valence-corrected chi connectivity index (χ3v) is 1.84. The first-order valence-electron chi connectivity index (χ1n) is 4.08. The zero-order valence-corrected chi connectivity index (χ0v) is 7.40. The highest BCUT2D eigenvalue weighted by molar-refractivity contribution is 5.74. The third kappa shape index (κ3) is 2.26. The smallest absolute Gasteiger partial charge is 0.326 e. The number of carboxylic acid groups (broad SMARTS) is 1. The van der Waals surface area contributed by atoms with Crippen LogP contribution in [0.15, 0.2) is 18.3 Å². The van der Waals surface area contributed by atoms with E-state index in [9.17, 15) is 4.79 Å². The van der Waals surface area contributed by atoms with E-state index in [2.05, 4.69) is 4.98 Å². The van der Waals surface area contributed by atoms with Gasteiger partial charge in [-0.15, -0.1) is 0 Å². The normalized spacial score (nSPS) is 12.5. The molecular formula is C9H12N2O2. The number of aryl methyl sites for hydroxylation is 1. The lowest BCUT2D eigenvalue weighted by Gasteiger charge is -2.05. The number of nitrogens with zero attached hydrogens (tertiary/aromatic N) is 1. The first-order valence-corrected chi connectivity index (χ1v) is 4.08. The largest absolute Gasteiger partial charge is 0.480 e. The van der Waals surface area contributed by atoms with Gasteiger partial charge >= 0.3 is 5.97 Å². The lowest BCUT2D eigenvalue weighted by molar-refractivity contribution is -0.138. The molecular weight excluding hydrogens is 168 g/mol. The minimum atomic E-state index is -1.06. The molecule has 0 radical (unpaired) electrons. The van der Waals surface area contributed by atoms with Crippen molar-refractivity contribution in [2.45, 2.75) is 19.4 Å². The van der Waals surface area contributed by atoms with Crippen LogP contribution >= 0.6 is 0 Å². The van der Waals surface area contributed by atoms with E-state index >= 15 is 0 Å². The van der Waals surface area contributed by atoms with Gasteiger partial charge in [0, 0.05) is 6.20 Å². The highest BCUT2D eigenvalue weighted by Gasteiger charge is 2.14. The standard InChI is InChI=1S/C9H12N2O2/c1-2-6-3-4-7(11-5-6)8(10)9(12)13/h3-5,8H,2,10H2,1H3,(H,12,13). The number of hydrogen-bond acceptors (Lipinski definition) is 3. The first kappa shape index (κ1) is 9.67. The second-order valence-electron chi connectivity index (χ2n) is 2.76. The van der Waals surface area contributed by atoms with Crippen molar-refractivity contribution in [2.24, 2.45) is 5.73 Å². The molecule has 0 bridgehead atoms. The van der Waals surface area contributed by atoms with Crippen molar-refractivity contribution >= 4 is 5.97 Å². The van der Waals surface area contributed by atoms with E-state index in [1.54, 1.807) is 12.3 Å². The number of aliphatic carboxylic acids is 1. The summed E-state index contributed by atoms with van der Waals surface area (Å²) in [4.78, 5) is 14.5. The Morgan fingerprint density at radius 3 is 2.77 bits per heavy atom. The summed E-state index contributed by atoms with van der Waals surface area (Å²) in [6, 6.07) is 2.47. The van der Waals surface area contributed by atoms with Crippen molar-refractivity contribution in [3.63, 3.8) is 0 Å². The highest BCUT2D eigenvalue weighted by Crippen LogP contribution is 2.08. The Hall–Kier alpha value is -1.42. The first-order chi connectivity index (χ1) is 6.15. The zero-order valence-electron chi connectivity index (χ0n) is 7.40. The Kier molecular flexibility index (Phi) is 2.97. The number of rotatable bonds is 3. The summed E-state index contributed by atoms with van der Waals surface area (Å²) in [5.41, 5.74) is 6.83. The number of carboxylic acids is 1. The van der Waals surface area contributed by atoms with E-state index in [0.29, 0.717) is 5.69 Å². The Morgan fingerprint density at radius 2 is 2.38 bits per heavy atom. The van der Waals surface area contributed by atoms with Gasteiger partial charge in [-0.05, 0) is 18.1 Å². The molecule has 4 heteroatoms. The van der Waals surface area contributed by atoms with E-state index in [1.165, 1.54) is 0 Å². The molecule has 0 aromatic carbocycles. The summed E-state index contributed by atoms with van der Waals surface area (Å²) >= 11 is 0. The average Bonchev–Trinajstić information content (AvgIpc) is 2.17. The van der Waals surface area contributed by atoms with Gasteiger partial charge in [0.2, 0.25) is 0 Å². The van der Waals surface area contributed by atoms with Gasteiger partial charge in [0.1, 0.15) is 6.04 Å². The molecule has 0 spiro atoms. The Labute approximate surface area is 76.4 Å². The lowest BCUT2D eigenvalue weighted by atomic mass is 10.1. The van der Waals surface area contributed by atoms with Gasteiger partial charge in [0.05, 0.1) is 5.69 Å². The number of aromatic nitrogens is 1. The molecule has 13 heavy (non-hydrogen) atoms. The lowest BCUT2D eigenvalue weighted by Crippen LogP contribution is -2.21. The van der Waals surface area contributed by atoms with Crippen LogP contribution in [0, 0.1) is 0 Å². The molecule has 0 aliphatic heterocycles. The SMILES string of the molecule is CCc1ccc(C(N)C(=O)O)nc1. The Bertz CT molecular complexity index is 295. The molecule has 1 heterocycles. The van der Waals surface area contributed by atoms with Crippen LogP contribution in [0.5, 0.6) is 0 Å². The molecule has 4 nitrogen and oxygen atoms in total. The fourth-order valence-electron chi connectivity index (χ4n) is 0.956. The van der Waals surface area contributed by atoms with Gasteiger partial charge in [0.25, 0.3) is 0 Å². The molecule has 0 fully saturated rings. The van der Waals surface area contributed by atoms with Crippen molar-refractivity contribution in [1.82, 2.24) is 4.98 Å². The molecule has 0 saturated heterocycles. The van der Waals surface area contributed by atoms with E-state index in [-0.39, 0.29) is 0 Å². The van der Waals surface area contributed by atoms with Gasteiger partial charge in [-0.3, -0.25) is 9.78 Å². The van der Waals surface area contributed by atoms with Crippen molar-refractivity contribution < 1.29 is 9.90 Å². The van der Waals surface area contributed by atoms with Gasteiger partial charge in [-0.1, -0.05) is 13.0 Å². The molecule has 1 rings (SSSR count). The highest BCUT2D eigenvalue weighted by atomic mass is 16.4. The third-order valence-electron chi connectivity index (χ3n) is 1.84. The predicted molar refractivity (Wildman–Crippen MR) is 48.2 cm³/mol. The van der Waals surface area contributed by atoms with Crippen LogP contribution < -0.4 is 5.73 Å². The molecule has 1 atom stereocenters. The molecule has 0 aliphatic rings. The van der Waals surface area contributed by atoms with Crippen LogP contribution in [0.1, 0.15) is 24.2 Å². The number of nitrogens with two attached hydrogens (primary N) is 1. The summed E-state index contributed by atoms with van der Waals surface area (Å²) < 4.78 is 0. The van der Waals surface area contributed by atoms with Crippen LogP contribution in [0.3, 0.4) is 0 Å².